The van der Waals surface area contributed by atoms with Crippen LogP contribution in [0.4, 0.5) is 0 Å². The highest BCUT2D eigenvalue weighted by Crippen LogP contribution is 2.24. The zero-order valence-corrected chi connectivity index (χ0v) is 43.2. The van der Waals surface area contributed by atoms with E-state index in [0.29, 0.717) is 6.10 Å². The van der Waals surface area contributed by atoms with Gasteiger partial charge < -0.3 is 31.3 Å². The predicted molar refractivity (Wildman–Crippen MR) is 247 cm³/mol. The highest BCUT2D eigenvalue weighted by molar-refractivity contribution is 6.92. The van der Waals surface area contributed by atoms with Crippen LogP contribution in [0.25, 0.3) is 0 Å². The number of hydrogen-bond acceptors (Lipinski definition) is 7. The molecule has 7 nitrogen and oxygen atoms in total. The zero-order valence-electron chi connectivity index (χ0n) is 37.2. The predicted octanol–water partition coefficient (Wildman–Crippen LogP) is 8.55. The molecule has 2 aromatic carbocycles. The van der Waals surface area contributed by atoms with Crippen LogP contribution in [0.2, 0.25) is 88.6 Å². The SMILES string of the molecule is CO[Si](CCC[Si](C)(C)c1ccc([Si](C)(C)CCCCC(C)OCCC[Si](C)(C)c2ccc([Si](C)(C)CCC[Si](OC)(OC)OC)cc2)cc1)(OC)OC. The van der Waals surface area contributed by atoms with Gasteiger partial charge in [0.05, 0.1) is 38.4 Å². The molecule has 0 aromatic heterocycles. The minimum atomic E-state index is -2.50. The van der Waals surface area contributed by atoms with Crippen molar-refractivity contribution in [3.63, 3.8) is 0 Å². The van der Waals surface area contributed by atoms with E-state index in [0.717, 1.165) is 44.4 Å². The zero-order chi connectivity index (χ0) is 40.7. The lowest BCUT2D eigenvalue weighted by molar-refractivity contribution is 0.0592. The Bertz CT molecular complexity index is 1210. The largest absolute Gasteiger partial charge is 0.500 e. The minimum Gasteiger partial charge on any atom is -0.379 e. The van der Waals surface area contributed by atoms with Crippen molar-refractivity contribution in [2.45, 2.75) is 140 Å². The van der Waals surface area contributed by atoms with E-state index in [1.807, 2.05) is 0 Å². The Kier molecular flexibility index (Phi) is 20.7. The molecule has 1 atom stereocenters. The van der Waals surface area contributed by atoms with Crippen LogP contribution in [-0.2, 0) is 31.3 Å². The number of ether oxygens (including phenoxy) is 1. The van der Waals surface area contributed by atoms with Crippen LogP contribution >= 0.6 is 0 Å². The minimum absolute atomic E-state index is 0.325. The van der Waals surface area contributed by atoms with Gasteiger partial charge in [0.15, 0.2) is 0 Å². The van der Waals surface area contributed by atoms with Crippen LogP contribution in [0.15, 0.2) is 48.5 Å². The number of rotatable bonds is 28. The normalized spacial score (nSPS) is 14.1. The van der Waals surface area contributed by atoms with Crippen molar-refractivity contribution in [2.75, 3.05) is 49.3 Å². The van der Waals surface area contributed by atoms with Gasteiger partial charge in [0.25, 0.3) is 0 Å². The fraction of sp³-hybridized carbons (Fsp3) is 0.707. The van der Waals surface area contributed by atoms with Gasteiger partial charge in [-0.1, -0.05) is 172 Å². The van der Waals surface area contributed by atoms with Crippen LogP contribution in [-0.4, -0.2) is 105 Å². The summed E-state index contributed by atoms with van der Waals surface area (Å²) in [6.45, 7) is 23.2. The molecule has 1 unspecified atom stereocenters. The van der Waals surface area contributed by atoms with E-state index >= 15 is 0 Å². The third-order valence-corrected chi connectivity index (χ3v) is 32.0. The Labute approximate surface area is 338 Å². The van der Waals surface area contributed by atoms with Crippen LogP contribution in [0, 0.1) is 0 Å². The first-order valence-electron chi connectivity index (χ1n) is 20.4. The molecule has 0 bridgehead atoms. The van der Waals surface area contributed by atoms with Crippen molar-refractivity contribution >= 4 is 70.7 Å². The van der Waals surface area contributed by atoms with E-state index < -0.39 is 49.9 Å². The van der Waals surface area contributed by atoms with Gasteiger partial charge >= 0.3 is 17.6 Å². The molecule has 13 heteroatoms. The molecule has 54 heavy (non-hydrogen) atoms. The Morgan fingerprint density at radius 3 is 0.963 bits per heavy atom. The molecule has 0 N–H and O–H groups in total. The van der Waals surface area contributed by atoms with Gasteiger partial charge in [-0.15, -0.1) is 0 Å². The van der Waals surface area contributed by atoms with Gasteiger partial charge in [-0.25, -0.2) is 0 Å². The first kappa shape index (κ1) is 49.6. The molecule has 0 radical (unpaired) electrons. The van der Waals surface area contributed by atoms with Gasteiger partial charge in [0.2, 0.25) is 0 Å². The molecule has 0 aliphatic carbocycles. The second-order valence-electron chi connectivity index (χ2n) is 18.0. The van der Waals surface area contributed by atoms with Crippen LogP contribution in [0.1, 0.15) is 45.4 Å². The van der Waals surface area contributed by atoms with E-state index in [-0.39, 0.29) is 0 Å². The average molecular weight is 854 g/mol. The smallest absolute Gasteiger partial charge is 0.379 e. The summed E-state index contributed by atoms with van der Waals surface area (Å²) >= 11 is 0. The Morgan fingerprint density at radius 1 is 0.389 bits per heavy atom. The van der Waals surface area contributed by atoms with E-state index in [9.17, 15) is 0 Å². The lowest BCUT2D eigenvalue weighted by atomic mass is 10.2. The summed E-state index contributed by atoms with van der Waals surface area (Å²) in [6, 6.07) is 26.2. The number of hydrogen-bond donors (Lipinski definition) is 0. The molecule has 2 rings (SSSR count). The Balaban J connectivity index is 1.75. The fourth-order valence-corrected chi connectivity index (χ4v) is 21.7. The molecule has 310 valence electrons. The average Bonchev–Trinajstić information content (AvgIpc) is 3.16. The summed E-state index contributed by atoms with van der Waals surface area (Å²) in [5.74, 6) is 0. The van der Waals surface area contributed by atoms with Crippen LogP contribution in [0.5, 0.6) is 0 Å². The molecule has 0 fully saturated rings. The molecule has 0 amide bonds. The maximum absolute atomic E-state index is 6.35. The quantitative estimate of drug-likeness (QED) is 0.0629. The number of benzene rings is 2. The van der Waals surface area contributed by atoms with Crippen LogP contribution < -0.4 is 20.7 Å². The molecular weight excluding hydrogens is 773 g/mol. The molecule has 0 saturated carbocycles. The van der Waals surface area contributed by atoms with Crippen LogP contribution in [0.3, 0.4) is 0 Å². The summed E-state index contributed by atoms with van der Waals surface area (Å²) in [6.07, 6.45) is 7.28. The highest BCUT2D eigenvalue weighted by atomic mass is 28.4. The lowest BCUT2D eigenvalue weighted by Gasteiger charge is -2.28. The van der Waals surface area contributed by atoms with Crippen molar-refractivity contribution in [2.24, 2.45) is 0 Å². The van der Waals surface area contributed by atoms with Gasteiger partial charge in [0.1, 0.15) is 0 Å². The molecule has 0 heterocycles. The van der Waals surface area contributed by atoms with Crippen molar-refractivity contribution in [1.29, 1.82) is 0 Å². The van der Waals surface area contributed by atoms with E-state index in [1.165, 1.54) is 42.2 Å². The second kappa shape index (κ2) is 22.6. The van der Waals surface area contributed by atoms with Crippen molar-refractivity contribution in [3.8, 4) is 0 Å². The van der Waals surface area contributed by atoms with Crippen molar-refractivity contribution in [3.05, 3.63) is 48.5 Å². The van der Waals surface area contributed by atoms with E-state index in [4.69, 9.17) is 31.3 Å². The standard InChI is InChI=1S/C41H80O7Si6/c1-37(21-16-17-31-49(8,9)38-22-26-40(27-23-38)51(12,13)33-19-35-53(42-2,43-3)44-4)48-30-18-32-50(10,11)39-24-28-41(29-25-39)52(14,15)34-20-36-54(45-5,46-6)47-7/h22-29,37H,16-21,30-36H2,1-15H3. The summed E-state index contributed by atoms with van der Waals surface area (Å²) in [7, 11) is -0.901. The molecule has 0 saturated heterocycles. The maximum atomic E-state index is 6.35. The van der Waals surface area contributed by atoms with Crippen molar-refractivity contribution in [1.82, 2.24) is 0 Å². The fourth-order valence-electron chi connectivity index (χ4n) is 7.81. The Hall–Kier alpha value is -0.539. The first-order valence-corrected chi connectivity index (χ1v) is 37.1. The van der Waals surface area contributed by atoms with Gasteiger partial charge in [-0.2, -0.15) is 0 Å². The van der Waals surface area contributed by atoms with E-state index in [1.54, 1.807) is 58.2 Å². The van der Waals surface area contributed by atoms with E-state index in [2.05, 4.69) is 108 Å². The third kappa shape index (κ3) is 15.0. The molecular formula is C41H80O7Si6. The summed E-state index contributed by atoms with van der Waals surface area (Å²) in [4.78, 5) is 0. The van der Waals surface area contributed by atoms with Gasteiger partial charge in [-0.05, 0) is 19.8 Å². The monoisotopic (exact) mass is 852 g/mol. The maximum Gasteiger partial charge on any atom is 0.500 e. The lowest BCUT2D eigenvalue weighted by Crippen LogP contribution is -2.46. The third-order valence-electron chi connectivity index (χ3n) is 12.3. The molecule has 0 spiro atoms. The highest BCUT2D eigenvalue weighted by Gasteiger charge is 2.39. The molecule has 0 aliphatic rings. The molecule has 0 aliphatic heterocycles. The summed E-state index contributed by atoms with van der Waals surface area (Å²) in [5.41, 5.74) is 0. The summed E-state index contributed by atoms with van der Waals surface area (Å²) in [5, 5.41) is 6.21. The van der Waals surface area contributed by atoms with Gasteiger partial charge in [-0.3, -0.25) is 0 Å². The van der Waals surface area contributed by atoms with Gasteiger partial charge in [0, 0.05) is 61.4 Å². The Morgan fingerprint density at radius 2 is 0.667 bits per heavy atom. The second-order valence-corrected chi connectivity index (χ2v) is 43.6. The van der Waals surface area contributed by atoms with Crippen molar-refractivity contribution < 1.29 is 31.3 Å². The molecule has 2 aromatic rings. The number of unbranched alkanes of at least 4 members (excludes halogenated alkanes) is 1. The first-order chi connectivity index (χ1) is 25.3. The topological polar surface area (TPSA) is 64.6 Å². The summed E-state index contributed by atoms with van der Waals surface area (Å²) < 4.78 is 40.2.